The van der Waals surface area contributed by atoms with E-state index in [9.17, 15) is 5.11 Å². The fourth-order valence-corrected chi connectivity index (χ4v) is 2.60. The zero-order valence-electron chi connectivity index (χ0n) is 11.9. The third-order valence-corrected chi connectivity index (χ3v) is 3.72. The second-order valence-corrected chi connectivity index (χ2v) is 6.14. The molecule has 20 heavy (non-hydrogen) atoms. The summed E-state index contributed by atoms with van der Waals surface area (Å²) < 4.78 is 11.8. The Morgan fingerprint density at radius 1 is 1.05 bits per heavy atom. The van der Waals surface area contributed by atoms with Crippen LogP contribution >= 0.6 is 0 Å². The molecule has 0 aromatic heterocycles. The predicted octanol–water partition coefficient (Wildman–Crippen LogP) is 2.10. The minimum atomic E-state index is -0.319. The number of rotatable bonds is 2. The standard InChI is InChI=1S/C16H19BO3/c1-16(2)10-19-17(20-11-16)15-8-7-12(9-18)13-5-3-4-6-14(13)15/h3-8,18H,9-11H2,1-2H3. The van der Waals surface area contributed by atoms with E-state index in [4.69, 9.17) is 9.31 Å². The molecule has 4 heteroatoms. The first kappa shape index (κ1) is 13.6. The summed E-state index contributed by atoms with van der Waals surface area (Å²) in [6.45, 7) is 5.69. The molecule has 1 aliphatic heterocycles. The Morgan fingerprint density at radius 3 is 2.35 bits per heavy atom. The molecule has 0 amide bonds. The van der Waals surface area contributed by atoms with Gasteiger partial charge >= 0.3 is 7.12 Å². The van der Waals surface area contributed by atoms with Gasteiger partial charge in [0.2, 0.25) is 0 Å². The summed E-state index contributed by atoms with van der Waals surface area (Å²) >= 11 is 0. The number of hydrogen-bond donors (Lipinski definition) is 1. The smallest absolute Gasteiger partial charge is 0.407 e. The summed E-state index contributed by atoms with van der Waals surface area (Å²) in [6, 6.07) is 12.0. The van der Waals surface area contributed by atoms with Gasteiger partial charge in [-0.05, 0) is 21.8 Å². The van der Waals surface area contributed by atoms with Gasteiger partial charge in [-0.2, -0.15) is 0 Å². The van der Waals surface area contributed by atoms with Gasteiger partial charge in [-0.15, -0.1) is 0 Å². The lowest BCUT2D eigenvalue weighted by atomic mass is 9.73. The van der Waals surface area contributed by atoms with E-state index in [1.165, 1.54) is 0 Å². The lowest BCUT2D eigenvalue weighted by Crippen LogP contribution is -2.47. The van der Waals surface area contributed by atoms with Crippen LogP contribution in [0.25, 0.3) is 10.8 Å². The predicted molar refractivity (Wildman–Crippen MR) is 80.9 cm³/mol. The molecule has 2 aromatic carbocycles. The molecule has 2 aromatic rings. The number of hydrogen-bond acceptors (Lipinski definition) is 3. The van der Waals surface area contributed by atoms with Crippen LogP contribution in [0.15, 0.2) is 36.4 Å². The third kappa shape index (κ3) is 2.47. The van der Waals surface area contributed by atoms with E-state index >= 15 is 0 Å². The monoisotopic (exact) mass is 270 g/mol. The third-order valence-electron chi connectivity index (χ3n) is 3.72. The molecule has 0 bridgehead atoms. The van der Waals surface area contributed by atoms with Crippen molar-refractivity contribution >= 4 is 23.4 Å². The molecule has 0 radical (unpaired) electrons. The van der Waals surface area contributed by atoms with Gasteiger partial charge in [-0.25, -0.2) is 0 Å². The van der Waals surface area contributed by atoms with Crippen molar-refractivity contribution in [2.75, 3.05) is 13.2 Å². The van der Waals surface area contributed by atoms with E-state index in [-0.39, 0.29) is 19.1 Å². The van der Waals surface area contributed by atoms with Crippen molar-refractivity contribution < 1.29 is 14.4 Å². The highest BCUT2D eigenvalue weighted by molar-refractivity contribution is 6.64. The second kappa shape index (κ2) is 5.21. The van der Waals surface area contributed by atoms with Gasteiger partial charge in [0, 0.05) is 18.6 Å². The van der Waals surface area contributed by atoms with E-state index in [0.29, 0.717) is 13.2 Å². The van der Waals surface area contributed by atoms with Crippen molar-refractivity contribution in [2.24, 2.45) is 5.41 Å². The Kier molecular flexibility index (Phi) is 3.54. The van der Waals surface area contributed by atoms with Gasteiger partial charge in [0.05, 0.1) is 6.61 Å². The van der Waals surface area contributed by atoms with E-state index in [1.54, 1.807) is 0 Å². The van der Waals surface area contributed by atoms with E-state index in [1.807, 2.05) is 30.3 Å². The van der Waals surface area contributed by atoms with Gasteiger partial charge in [-0.1, -0.05) is 50.2 Å². The van der Waals surface area contributed by atoms with Gasteiger partial charge in [0.1, 0.15) is 0 Å². The number of benzene rings is 2. The zero-order chi connectivity index (χ0) is 14.2. The van der Waals surface area contributed by atoms with Crippen LogP contribution in [0.4, 0.5) is 0 Å². The molecule has 1 aliphatic rings. The van der Waals surface area contributed by atoms with Crippen LogP contribution in [0.5, 0.6) is 0 Å². The molecular formula is C16H19BO3. The van der Waals surface area contributed by atoms with Crippen LogP contribution in [0.3, 0.4) is 0 Å². The maximum Gasteiger partial charge on any atom is 0.494 e. The topological polar surface area (TPSA) is 38.7 Å². The first-order valence-electron chi connectivity index (χ1n) is 6.95. The molecule has 0 aliphatic carbocycles. The Morgan fingerprint density at radius 2 is 1.70 bits per heavy atom. The minimum Gasteiger partial charge on any atom is -0.407 e. The molecule has 0 saturated carbocycles. The number of aliphatic hydroxyl groups is 1. The van der Waals surface area contributed by atoms with Crippen molar-refractivity contribution in [1.82, 2.24) is 0 Å². The first-order chi connectivity index (χ1) is 9.61. The van der Waals surface area contributed by atoms with Gasteiger partial charge in [0.25, 0.3) is 0 Å². The Balaban J connectivity index is 2.01. The van der Waals surface area contributed by atoms with Crippen LogP contribution in [0, 0.1) is 5.41 Å². The van der Waals surface area contributed by atoms with E-state index in [0.717, 1.165) is 21.8 Å². The Labute approximate surface area is 119 Å². The fourth-order valence-electron chi connectivity index (χ4n) is 2.60. The molecular weight excluding hydrogens is 251 g/mol. The molecule has 0 spiro atoms. The highest BCUT2D eigenvalue weighted by Gasteiger charge is 2.34. The molecule has 1 heterocycles. The molecule has 1 N–H and O–H groups in total. The molecule has 0 unspecified atom stereocenters. The normalized spacial score (nSPS) is 18.4. The van der Waals surface area contributed by atoms with Crippen LogP contribution < -0.4 is 5.46 Å². The van der Waals surface area contributed by atoms with Crippen molar-refractivity contribution in [3.8, 4) is 0 Å². The molecule has 1 fully saturated rings. The van der Waals surface area contributed by atoms with Crippen LogP contribution in [0.1, 0.15) is 19.4 Å². The fraction of sp³-hybridized carbons (Fsp3) is 0.375. The van der Waals surface area contributed by atoms with Crippen molar-refractivity contribution in [1.29, 1.82) is 0 Å². The van der Waals surface area contributed by atoms with Crippen molar-refractivity contribution in [2.45, 2.75) is 20.5 Å². The number of fused-ring (bicyclic) bond motifs is 1. The van der Waals surface area contributed by atoms with Crippen molar-refractivity contribution in [3.05, 3.63) is 42.0 Å². The van der Waals surface area contributed by atoms with E-state index < -0.39 is 0 Å². The largest absolute Gasteiger partial charge is 0.494 e. The summed E-state index contributed by atoms with van der Waals surface area (Å²) in [7, 11) is -0.319. The van der Waals surface area contributed by atoms with E-state index in [2.05, 4.69) is 19.9 Å². The zero-order valence-corrected chi connectivity index (χ0v) is 11.9. The summed E-state index contributed by atoms with van der Waals surface area (Å²) in [4.78, 5) is 0. The highest BCUT2D eigenvalue weighted by Crippen LogP contribution is 2.24. The maximum atomic E-state index is 9.44. The lowest BCUT2D eigenvalue weighted by molar-refractivity contribution is 0.0344. The molecule has 3 rings (SSSR count). The molecule has 1 saturated heterocycles. The lowest BCUT2D eigenvalue weighted by Gasteiger charge is -2.33. The van der Waals surface area contributed by atoms with Gasteiger partial charge in [-0.3, -0.25) is 0 Å². The second-order valence-electron chi connectivity index (χ2n) is 6.14. The highest BCUT2D eigenvalue weighted by atomic mass is 16.6. The van der Waals surface area contributed by atoms with Crippen LogP contribution in [0.2, 0.25) is 0 Å². The van der Waals surface area contributed by atoms with Crippen molar-refractivity contribution in [3.63, 3.8) is 0 Å². The summed E-state index contributed by atoms with van der Waals surface area (Å²) in [5.41, 5.74) is 2.03. The first-order valence-corrected chi connectivity index (χ1v) is 6.95. The van der Waals surface area contributed by atoms with Crippen LogP contribution in [-0.4, -0.2) is 25.4 Å². The van der Waals surface area contributed by atoms with Gasteiger partial charge in [0.15, 0.2) is 0 Å². The van der Waals surface area contributed by atoms with Crippen LogP contribution in [-0.2, 0) is 15.9 Å². The molecule has 3 nitrogen and oxygen atoms in total. The van der Waals surface area contributed by atoms with Gasteiger partial charge < -0.3 is 14.4 Å². The molecule has 0 atom stereocenters. The SMILES string of the molecule is CC1(C)COB(c2ccc(CO)c3ccccc23)OC1. The Hall–Kier alpha value is -1.36. The quantitative estimate of drug-likeness (QED) is 0.849. The maximum absolute atomic E-state index is 9.44. The minimum absolute atomic E-state index is 0.0419. The Bertz CT molecular complexity index is 614. The summed E-state index contributed by atoms with van der Waals surface area (Å²) in [5.74, 6) is 0. The summed E-state index contributed by atoms with van der Waals surface area (Å²) in [6.07, 6.45) is 0. The average Bonchev–Trinajstić information content (AvgIpc) is 2.46. The average molecular weight is 270 g/mol. The summed E-state index contributed by atoms with van der Waals surface area (Å²) in [5, 5.41) is 11.6. The number of aliphatic hydroxyl groups excluding tert-OH is 1. The molecule has 104 valence electrons.